The second-order valence-electron chi connectivity index (χ2n) is 8.23. The van der Waals surface area contributed by atoms with E-state index in [4.69, 9.17) is 4.74 Å². The Morgan fingerprint density at radius 3 is 1.87 bits per heavy atom. The van der Waals surface area contributed by atoms with E-state index in [2.05, 4.69) is 17.6 Å². The maximum absolute atomic E-state index is 12.0. The van der Waals surface area contributed by atoms with Gasteiger partial charge in [-0.1, -0.05) is 103 Å². The van der Waals surface area contributed by atoms with Crippen LogP contribution in [-0.2, 0) is 4.79 Å². The summed E-state index contributed by atoms with van der Waals surface area (Å²) in [6, 6.07) is 7.73. The number of rotatable bonds is 20. The highest BCUT2D eigenvalue weighted by Crippen LogP contribution is 2.23. The molecule has 1 aromatic rings. The van der Waals surface area contributed by atoms with Crippen molar-refractivity contribution < 1.29 is 9.53 Å². The van der Waals surface area contributed by atoms with E-state index in [0.717, 1.165) is 24.4 Å². The van der Waals surface area contributed by atoms with Gasteiger partial charge in [0.15, 0.2) is 0 Å². The largest absolute Gasteiger partial charge is 0.492 e. The highest BCUT2D eigenvalue weighted by Gasteiger charge is 2.05. The molecule has 0 unspecified atom stereocenters. The molecule has 0 radical (unpaired) electrons. The zero-order valence-corrected chi connectivity index (χ0v) is 19.6. The fourth-order valence-electron chi connectivity index (χ4n) is 3.68. The molecule has 0 atom stereocenters. The zero-order valence-electron chi connectivity index (χ0n) is 19.6. The van der Waals surface area contributed by atoms with Crippen molar-refractivity contribution in [1.29, 1.82) is 0 Å². The molecule has 0 aromatic heterocycles. The lowest BCUT2D eigenvalue weighted by Gasteiger charge is -2.12. The molecule has 4 nitrogen and oxygen atoms in total. The second kappa shape index (κ2) is 19.3. The van der Waals surface area contributed by atoms with Crippen LogP contribution in [0.25, 0.3) is 0 Å². The number of ether oxygens (including phenoxy) is 1. The molecule has 1 rings (SSSR count). The molecule has 0 aliphatic rings. The normalized spacial score (nSPS) is 10.7. The highest BCUT2D eigenvalue weighted by molar-refractivity contribution is 5.81. The van der Waals surface area contributed by atoms with Gasteiger partial charge in [-0.05, 0) is 25.5 Å². The summed E-state index contributed by atoms with van der Waals surface area (Å²) in [6.45, 7) is 5.90. The van der Waals surface area contributed by atoms with Crippen LogP contribution in [0.5, 0.6) is 5.75 Å². The number of nitrogens with one attached hydrogen (secondary N) is 2. The first-order valence-corrected chi connectivity index (χ1v) is 12.5. The summed E-state index contributed by atoms with van der Waals surface area (Å²) >= 11 is 0. The van der Waals surface area contributed by atoms with Crippen molar-refractivity contribution in [3.8, 4) is 5.75 Å². The fraction of sp³-hybridized carbons (Fsp3) is 0.731. The molecule has 30 heavy (non-hydrogen) atoms. The summed E-state index contributed by atoms with van der Waals surface area (Å²) in [7, 11) is 0. The summed E-state index contributed by atoms with van der Waals surface area (Å²) in [5.41, 5.74) is 0.867. The molecule has 0 heterocycles. The summed E-state index contributed by atoms with van der Waals surface area (Å²) in [6.07, 6.45) is 18.9. The maximum Gasteiger partial charge on any atom is 0.239 e. The van der Waals surface area contributed by atoms with Gasteiger partial charge in [-0.25, -0.2) is 0 Å². The maximum atomic E-state index is 12.0. The number of hydrogen-bond acceptors (Lipinski definition) is 3. The molecule has 0 aliphatic heterocycles. The molecule has 0 spiro atoms. The number of amides is 1. The number of carbonyl (C=O) groups excluding carboxylic acids is 1. The van der Waals surface area contributed by atoms with E-state index < -0.39 is 0 Å². The smallest absolute Gasteiger partial charge is 0.239 e. The highest BCUT2D eigenvalue weighted by atomic mass is 16.5. The van der Waals surface area contributed by atoms with E-state index in [1.807, 2.05) is 31.2 Å². The Morgan fingerprint density at radius 1 is 0.767 bits per heavy atom. The van der Waals surface area contributed by atoms with Gasteiger partial charge < -0.3 is 15.4 Å². The topological polar surface area (TPSA) is 50.4 Å². The lowest BCUT2D eigenvalue weighted by atomic mass is 10.0. The molecule has 172 valence electrons. The number of carbonyl (C=O) groups is 1. The van der Waals surface area contributed by atoms with Crippen LogP contribution in [0.3, 0.4) is 0 Å². The number of para-hydroxylation sites is 2. The van der Waals surface area contributed by atoms with Crippen molar-refractivity contribution in [2.75, 3.05) is 25.0 Å². The van der Waals surface area contributed by atoms with Gasteiger partial charge in [-0.2, -0.15) is 0 Å². The molecule has 2 N–H and O–H groups in total. The van der Waals surface area contributed by atoms with Gasteiger partial charge in [-0.3, -0.25) is 4.79 Å². The monoisotopic (exact) mass is 418 g/mol. The van der Waals surface area contributed by atoms with Crippen LogP contribution < -0.4 is 15.4 Å². The van der Waals surface area contributed by atoms with Crippen LogP contribution in [0.15, 0.2) is 24.3 Å². The summed E-state index contributed by atoms with van der Waals surface area (Å²) in [5, 5.41) is 6.17. The Balaban J connectivity index is 1.88. The van der Waals surface area contributed by atoms with E-state index in [9.17, 15) is 4.79 Å². The van der Waals surface area contributed by atoms with Gasteiger partial charge in [-0.15, -0.1) is 0 Å². The van der Waals surface area contributed by atoms with Crippen molar-refractivity contribution in [2.24, 2.45) is 0 Å². The Labute approximate surface area is 185 Å². The lowest BCUT2D eigenvalue weighted by Crippen LogP contribution is -2.30. The molecule has 0 saturated carbocycles. The minimum Gasteiger partial charge on any atom is -0.492 e. The minimum absolute atomic E-state index is 0.0380. The van der Waals surface area contributed by atoms with E-state index in [-0.39, 0.29) is 12.5 Å². The van der Waals surface area contributed by atoms with Crippen LogP contribution in [0, 0.1) is 0 Å². The van der Waals surface area contributed by atoms with Crippen molar-refractivity contribution in [1.82, 2.24) is 5.32 Å². The average molecular weight is 419 g/mol. The number of anilines is 1. The van der Waals surface area contributed by atoms with Gasteiger partial charge in [0.1, 0.15) is 5.75 Å². The SMILES string of the molecule is CCCCCCCCCCCCCCCCNC(=O)CNc1ccccc1OCC. The molecular weight excluding hydrogens is 372 g/mol. The summed E-state index contributed by atoms with van der Waals surface area (Å²) < 4.78 is 5.57. The van der Waals surface area contributed by atoms with Crippen molar-refractivity contribution in [3.05, 3.63) is 24.3 Å². The van der Waals surface area contributed by atoms with E-state index >= 15 is 0 Å². The Morgan fingerprint density at radius 2 is 1.30 bits per heavy atom. The zero-order chi connectivity index (χ0) is 21.7. The summed E-state index contributed by atoms with van der Waals surface area (Å²) in [5.74, 6) is 0.829. The minimum atomic E-state index is 0.0380. The summed E-state index contributed by atoms with van der Waals surface area (Å²) in [4.78, 5) is 12.0. The van der Waals surface area contributed by atoms with Gasteiger partial charge in [0.25, 0.3) is 0 Å². The van der Waals surface area contributed by atoms with E-state index in [1.165, 1.54) is 83.5 Å². The predicted octanol–water partition coefficient (Wildman–Crippen LogP) is 7.09. The van der Waals surface area contributed by atoms with Gasteiger partial charge in [0.2, 0.25) is 5.91 Å². The van der Waals surface area contributed by atoms with Crippen LogP contribution in [0.1, 0.15) is 104 Å². The van der Waals surface area contributed by atoms with Crippen molar-refractivity contribution in [3.63, 3.8) is 0 Å². The standard InChI is InChI=1S/C26H46N2O2/c1-3-5-6-7-8-9-10-11-12-13-14-15-16-19-22-27-26(29)23-28-24-20-17-18-21-25(24)30-4-2/h17-18,20-21,28H,3-16,19,22-23H2,1-2H3,(H,27,29). The van der Waals surface area contributed by atoms with Crippen molar-refractivity contribution in [2.45, 2.75) is 104 Å². The Kier molecular flexibility index (Phi) is 16.9. The fourth-order valence-corrected chi connectivity index (χ4v) is 3.68. The predicted molar refractivity (Wildman–Crippen MR) is 129 cm³/mol. The quantitative estimate of drug-likeness (QED) is 0.222. The number of unbranched alkanes of at least 4 members (excludes halogenated alkanes) is 13. The number of hydrogen-bond donors (Lipinski definition) is 2. The molecule has 0 saturated heterocycles. The molecule has 1 aromatic carbocycles. The second-order valence-corrected chi connectivity index (χ2v) is 8.23. The van der Waals surface area contributed by atoms with Gasteiger partial charge in [0.05, 0.1) is 18.8 Å². The number of benzene rings is 1. The molecule has 1 amide bonds. The molecule has 0 aliphatic carbocycles. The van der Waals surface area contributed by atoms with E-state index in [0.29, 0.717) is 6.61 Å². The third-order valence-electron chi connectivity index (χ3n) is 5.48. The molecule has 0 fully saturated rings. The van der Waals surface area contributed by atoms with E-state index in [1.54, 1.807) is 0 Å². The first kappa shape index (κ1) is 26.3. The average Bonchev–Trinajstić information content (AvgIpc) is 2.76. The van der Waals surface area contributed by atoms with Crippen molar-refractivity contribution >= 4 is 11.6 Å². The van der Waals surface area contributed by atoms with Crippen LogP contribution >= 0.6 is 0 Å². The molecule has 4 heteroatoms. The first-order chi connectivity index (χ1) is 14.8. The third kappa shape index (κ3) is 14.3. The molecule has 0 bridgehead atoms. The van der Waals surface area contributed by atoms with Crippen LogP contribution in [0.4, 0.5) is 5.69 Å². The third-order valence-corrected chi connectivity index (χ3v) is 5.48. The molecular formula is C26H46N2O2. The van der Waals surface area contributed by atoms with Gasteiger partial charge in [0, 0.05) is 6.54 Å². The van der Waals surface area contributed by atoms with Crippen LogP contribution in [0.2, 0.25) is 0 Å². The lowest BCUT2D eigenvalue weighted by molar-refractivity contribution is -0.119. The first-order valence-electron chi connectivity index (χ1n) is 12.5. The van der Waals surface area contributed by atoms with Gasteiger partial charge >= 0.3 is 0 Å². The Bertz CT molecular complexity index is 534. The Hall–Kier alpha value is -1.71. The van der Waals surface area contributed by atoms with Crippen LogP contribution in [-0.4, -0.2) is 25.6 Å².